The Labute approximate surface area is 126 Å². The monoisotopic (exact) mass is 302 g/mol. The summed E-state index contributed by atoms with van der Waals surface area (Å²) in [6.45, 7) is -0.352. The maximum absolute atomic E-state index is 11.7. The first-order valence-corrected chi connectivity index (χ1v) is 6.72. The van der Waals surface area contributed by atoms with Gasteiger partial charge in [0.2, 0.25) is 11.8 Å². The highest BCUT2D eigenvalue weighted by Gasteiger charge is 2.26. The number of carbonyl (C=O) groups excluding carboxylic acids is 3. The zero-order valence-corrected chi connectivity index (χ0v) is 11.7. The highest BCUT2D eigenvalue weighted by Crippen LogP contribution is 2.22. The molecule has 0 bridgehead atoms. The third kappa shape index (κ3) is 3.41. The van der Waals surface area contributed by atoms with Crippen LogP contribution in [0.5, 0.6) is 5.75 Å². The van der Waals surface area contributed by atoms with Crippen molar-refractivity contribution in [1.82, 2.24) is 4.90 Å². The van der Waals surface area contributed by atoms with E-state index in [1.165, 1.54) is 18.2 Å². The van der Waals surface area contributed by atoms with E-state index in [1.54, 1.807) is 6.07 Å². The van der Waals surface area contributed by atoms with Crippen molar-refractivity contribution >= 4 is 17.8 Å². The number of nitriles is 1. The fourth-order valence-electron chi connectivity index (χ4n) is 2.18. The summed E-state index contributed by atoms with van der Waals surface area (Å²) >= 11 is 0. The fraction of sp³-hybridized carbons (Fsp3) is 0.333. The second-order valence-corrected chi connectivity index (χ2v) is 4.81. The second kappa shape index (κ2) is 6.72. The minimum Gasteiger partial charge on any atom is -0.507 e. The number of imide groups is 1. The lowest BCUT2D eigenvalue weighted by Crippen LogP contribution is -2.39. The van der Waals surface area contributed by atoms with Crippen molar-refractivity contribution in [1.29, 1.82) is 5.26 Å². The summed E-state index contributed by atoms with van der Waals surface area (Å²) in [6.07, 6.45) is 1.22. The van der Waals surface area contributed by atoms with E-state index < -0.39 is 12.6 Å². The van der Waals surface area contributed by atoms with Gasteiger partial charge >= 0.3 is 5.97 Å². The van der Waals surface area contributed by atoms with Crippen LogP contribution in [0.3, 0.4) is 0 Å². The predicted molar refractivity (Wildman–Crippen MR) is 73.4 cm³/mol. The number of likely N-dealkylation sites (tertiary alicyclic amines) is 1. The number of amides is 2. The third-order valence-electron chi connectivity index (χ3n) is 3.27. The van der Waals surface area contributed by atoms with Crippen molar-refractivity contribution in [3.05, 3.63) is 29.3 Å². The van der Waals surface area contributed by atoms with E-state index in [4.69, 9.17) is 5.26 Å². The first-order valence-electron chi connectivity index (χ1n) is 6.72. The van der Waals surface area contributed by atoms with Crippen LogP contribution in [0.1, 0.15) is 35.2 Å². The number of carbonyl (C=O) groups is 3. The highest BCUT2D eigenvalue weighted by molar-refractivity contribution is 5.97. The third-order valence-corrected chi connectivity index (χ3v) is 3.27. The zero-order valence-electron chi connectivity index (χ0n) is 11.7. The summed E-state index contributed by atoms with van der Waals surface area (Å²) in [6, 6.07) is 5.82. The summed E-state index contributed by atoms with van der Waals surface area (Å²) in [5.74, 6) is -1.62. The maximum Gasteiger partial charge on any atom is 0.342 e. The summed E-state index contributed by atoms with van der Waals surface area (Å²) < 4.78 is 4.60. The molecule has 1 fully saturated rings. The molecule has 1 aromatic rings. The minimum atomic E-state index is -0.810. The molecular formula is C15H14N2O5. The van der Waals surface area contributed by atoms with Crippen molar-refractivity contribution in [2.24, 2.45) is 0 Å². The van der Waals surface area contributed by atoms with Gasteiger partial charge in [0.25, 0.3) is 0 Å². The van der Waals surface area contributed by atoms with Crippen LogP contribution in [0, 0.1) is 11.3 Å². The van der Waals surface area contributed by atoms with Gasteiger partial charge in [-0.2, -0.15) is 5.26 Å². The van der Waals surface area contributed by atoms with Crippen LogP contribution in [-0.4, -0.2) is 34.4 Å². The van der Waals surface area contributed by atoms with Crippen LogP contribution < -0.4 is 0 Å². The lowest BCUT2D eigenvalue weighted by molar-refractivity contribution is -0.148. The number of aromatic hydroxyl groups is 1. The number of benzene rings is 1. The Morgan fingerprint density at radius 3 is 2.59 bits per heavy atom. The normalized spacial score (nSPS) is 14.6. The van der Waals surface area contributed by atoms with Gasteiger partial charge in [-0.1, -0.05) is 6.07 Å². The Balaban J connectivity index is 2.12. The molecule has 0 radical (unpaired) electrons. The Morgan fingerprint density at radius 1 is 1.32 bits per heavy atom. The molecule has 1 aliphatic rings. The van der Waals surface area contributed by atoms with Crippen molar-refractivity contribution in [2.75, 3.05) is 6.61 Å². The van der Waals surface area contributed by atoms with Crippen molar-refractivity contribution in [3.63, 3.8) is 0 Å². The molecule has 22 heavy (non-hydrogen) atoms. The summed E-state index contributed by atoms with van der Waals surface area (Å²) in [7, 11) is 0. The molecule has 1 aromatic carbocycles. The Hall–Kier alpha value is -2.88. The number of nitrogens with zero attached hydrogens (tertiary/aromatic N) is 2. The van der Waals surface area contributed by atoms with Gasteiger partial charge in [-0.15, -0.1) is 0 Å². The Morgan fingerprint density at radius 2 is 2.00 bits per heavy atom. The van der Waals surface area contributed by atoms with E-state index in [2.05, 4.69) is 4.74 Å². The molecule has 2 amide bonds. The van der Waals surface area contributed by atoms with Crippen molar-refractivity contribution < 1.29 is 24.2 Å². The zero-order chi connectivity index (χ0) is 16.1. The molecule has 0 atom stereocenters. The van der Waals surface area contributed by atoms with Crippen LogP contribution in [0.15, 0.2) is 18.2 Å². The molecule has 1 saturated heterocycles. The summed E-state index contributed by atoms with van der Waals surface area (Å²) in [5, 5.41) is 18.2. The largest absolute Gasteiger partial charge is 0.507 e. The molecule has 0 unspecified atom stereocenters. The van der Waals surface area contributed by atoms with Crippen molar-refractivity contribution in [2.45, 2.75) is 25.8 Å². The van der Waals surface area contributed by atoms with E-state index in [0.717, 1.165) is 4.90 Å². The SMILES string of the molecule is N#CCOC(=O)c1ccc(CN2C(=O)CCCC2=O)cc1O. The van der Waals surface area contributed by atoms with Crippen LogP contribution in [0.25, 0.3) is 0 Å². The Kier molecular flexibility index (Phi) is 4.73. The predicted octanol–water partition coefficient (Wildman–Crippen LogP) is 1.11. The second-order valence-electron chi connectivity index (χ2n) is 4.81. The van der Waals surface area contributed by atoms with Crippen LogP contribution in [0.2, 0.25) is 0 Å². The first kappa shape index (κ1) is 15.5. The quantitative estimate of drug-likeness (QED) is 0.659. The van der Waals surface area contributed by atoms with Crippen LogP contribution in [-0.2, 0) is 20.9 Å². The summed E-state index contributed by atoms with van der Waals surface area (Å²) in [4.78, 5) is 36.2. The number of esters is 1. The minimum absolute atomic E-state index is 0.0543. The topological polar surface area (TPSA) is 108 Å². The molecule has 7 heteroatoms. The molecule has 1 aliphatic heterocycles. The van der Waals surface area contributed by atoms with E-state index in [-0.39, 0.29) is 29.7 Å². The number of hydrogen-bond donors (Lipinski definition) is 1. The average molecular weight is 302 g/mol. The molecular weight excluding hydrogens is 288 g/mol. The standard InChI is InChI=1S/C15H14N2O5/c16-6-7-22-15(21)11-5-4-10(8-12(11)18)9-17-13(19)2-1-3-14(17)20/h4-5,8,18H,1-3,7,9H2. The fourth-order valence-corrected chi connectivity index (χ4v) is 2.18. The van der Waals surface area contributed by atoms with Gasteiger partial charge in [0.1, 0.15) is 17.4 Å². The number of hydrogen-bond acceptors (Lipinski definition) is 6. The molecule has 2 rings (SSSR count). The number of phenolic OH excluding ortho intramolecular Hbond substituents is 1. The first-order chi connectivity index (χ1) is 10.5. The molecule has 1 heterocycles. The molecule has 0 aliphatic carbocycles. The molecule has 0 spiro atoms. The lowest BCUT2D eigenvalue weighted by atomic mass is 10.1. The number of rotatable bonds is 4. The molecule has 7 nitrogen and oxygen atoms in total. The maximum atomic E-state index is 11.7. The number of piperidine rings is 1. The van der Waals surface area contributed by atoms with E-state index in [1.807, 2.05) is 0 Å². The lowest BCUT2D eigenvalue weighted by Gasteiger charge is -2.25. The molecule has 114 valence electrons. The average Bonchev–Trinajstić information content (AvgIpc) is 2.49. The van der Waals surface area contributed by atoms with E-state index in [9.17, 15) is 19.5 Å². The smallest absolute Gasteiger partial charge is 0.342 e. The van der Waals surface area contributed by atoms with Gasteiger partial charge in [0, 0.05) is 12.8 Å². The van der Waals surface area contributed by atoms with Gasteiger partial charge in [-0.05, 0) is 24.1 Å². The molecule has 0 aromatic heterocycles. The number of ether oxygens (including phenoxy) is 1. The van der Waals surface area contributed by atoms with E-state index in [0.29, 0.717) is 24.8 Å². The molecule has 1 N–H and O–H groups in total. The van der Waals surface area contributed by atoms with Gasteiger partial charge in [0.05, 0.1) is 6.54 Å². The van der Waals surface area contributed by atoms with Crippen molar-refractivity contribution in [3.8, 4) is 11.8 Å². The van der Waals surface area contributed by atoms with Gasteiger partial charge in [0.15, 0.2) is 6.61 Å². The summed E-state index contributed by atoms with van der Waals surface area (Å²) in [5.41, 5.74) is 0.452. The Bertz CT molecular complexity index is 646. The van der Waals surface area contributed by atoms with E-state index >= 15 is 0 Å². The number of phenols is 1. The molecule has 0 saturated carbocycles. The van der Waals surface area contributed by atoms with Crippen LogP contribution >= 0.6 is 0 Å². The van der Waals surface area contributed by atoms with Gasteiger partial charge in [-0.3, -0.25) is 14.5 Å². The highest BCUT2D eigenvalue weighted by atomic mass is 16.5. The van der Waals surface area contributed by atoms with Gasteiger partial charge in [-0.25, -0.2) is 4.79 Å². The van der Waals surface area contributed by atoms with Gasteiger partial charge < -0.3 is 9.84 Å². The van der Waals surface area contributed by atoms with Crippen LogP contribution in [0.4, 0.5) is 0 Å².